The third-order valence-electron chi connectivity index (χ3n) is 4.10. The normalized spacial score (nSPS) is 17.2. The molecule has 1 aromatic carbocycles. The number of hydrogen-bond donors (Lipinski definition) is 1. The number of carbonyl (C=O) groups excluding carboxylic acids is 1. The van der Waals surface area contributed by atoms with Gasteiger partial charge in [-0.1, -0.05) is 18.2 Å². The van der Waals surface area contributed by atoms with Gasteiger partial charge in [0.25, 0.3) is 0 Å². The lowest BCUT2D eigenvalue weighted by Crippen LogP contribution is -2.33. The molecule has 0 radical (unpaired) electrons. The van der Waals surface area contributed by atoms with Crippen LogP contribution >= 0.6 is 0 Å². The molecule has 1 N–H and O–H groups in total. The number of para-hydroxylation sites is 1. The molecule has 3 rings (SSSR count). The molecule has 0 unspecified atom stereocenters. The summed E-state index contributed by atoms with van der Waals surface area (Å²) in [4.78, 5) is 16.6. The predicted octanol–water partition coefficient (Wildman–Crippen LogP) is 1.72. The van der Waals surface area contributed by atoms with Crippen molar-refractivity contribution >= 4 is 5.91 Å². The van der Waals surface area contributed by atoms with Crippen molar-refractivity contribution in [2.45, 2.75) is 19.3 Å². The first-order valence-electron chi connectivity index (χ1n) is 7.68. The number of hydrogen-bond acceptors (Lipinski definition) is 3. The first-order chi connectivity index (χ1) is 10.7. The number of carbonyl (C=O) groups is 1. The summed E-state index contributed by atoms with van der Waals surface area (Å²) < 4.78 is 7.69. The summed E-state index contributed by atoms with van der Waals surface area (Å²) in [6.45, 7) is 1.21. The van der Waals surface area contributed by atoms with E-state index in [2.05, 4.69) is 10.3 Å². The van der Waals surface area contributed by atoms with Crippen LogP contribution in [0, 0.1) is 5.92 Å². The van der Waals surface area contributed by atoms with Gasteiger partial charge in [0.05, 0.1) is 6.61 Å². The highest BCUT2D eigenvalue weighted by atomic mass is 16.5. The van der Waals surface area contributed by atoms with E-state index in [9.17, 15) is 4.79 Å². The van der Waals surface area contributed by atoms with E-state index in [0.717, 1.165) is 36.4 Å². The minimum absolute atomic E-state index is 0.0231. The minimum atomic E-state index is -0.0231. The van der Waals surface area contributed by atoms with Gasteiger partial charge in [-0.15, -0.1) is 0 Å². The van der Waals surface area contributed by atoms with Gasteiger partial charge in [-0.05, 0) is 24.5 Å². The number of rotatable bonds is 4. The average Bonchev–Trinajstić information content (AvgIpc) is 2.81. The van der Waals surface area contributed by atoms with E-state index in [-0.39, 0.29) is 11.8 Å². The van der Waals surface area contributed by atoms with Crippen LogP contribution in [0.4, 0.5) is 0 Å². The van der Waals surface area contributed by atoms with Crippen LogP contribution in [0.2, 0.25) is 0 Å². The molecule has 0 fully saturated rings. The van der Waals surface area contributed by atoms with Gasteiger partial charge >= 0.3 is 0 Å². The van der Waals surface area contributed by atoms with Crippen LogP contribution in [0.5, 0.6) is 5.75 Å². The molecule has 0 bridgehead atoms. The molecule has 1 atom stereocenters. The largest absolute Gasteiger partial charge is 0.493 e. The molecule has 1 aliphatic heterocycles. The Kier molecular flexibility index (Phi) is 4.42. The highest BCUT2D eigenvalue weighted by Crippen LogP contribution is 2.26. The standard InChI is InChI=1S/C17H21N3O2/c1-20-10-9-18-16(20)6-8-19-17(21)14-7-11-22-15-5-3-2-4-13(15)12-14/h2-5,9-10,14H,6-8,11-12H2,1H3,(H,19,21)/t14-/m1/s1. The zero-order valence-electron chi connectivity index (χ0n) is 12.8. The Morgan fingerprint density at radius 2 is 2.32 bits per heavy atom. The van der Waals surface area contributed by atoms with Gasteiger partial charge < -0.3 is 14.6 Å². The molecule has 0 spiro atoms. The van der Waals surface area contributed by atoms with Crippen molar-refractivity contribution in [1.29, 1.82) is 0 Å². The topological polar surface area (TPSA) is 56.2 Å². The number of nitrogens with one attached hydrogen (secondary N) is 1. The number of amides is 1. The SMILES string of the molecule is Cn1ccnc1CCNC(=O)[C@@H]1CCOc2ccccc2C1. The zero-order valence-corrected chi connectivity index (χ0v) is 12.8. The van der Waals surface area contributed by atoms with Gasteiger partial charge in [0.1, 0.15) is 11.6 Å². The summed E-state index contributed by atoms with van der Waals surface area (Å²) in [7, 11) is 1.96. The van der Waals surface area contributed by atoms with Gasteiger partial charge in [-0.25, -0.2) is 4.98 Å². The van der Waals surface area contributed by atoms with E-state index in [1.54, 1.807) is 6.20 Å². The zero-order chi connectivity index (χ0) is 15.4. The van der Waals surface area contributed by atoms with Crippen LogP contribution < -0.4 is 10.1 Å². The smallest absolute Gasteiger partial charge is 0.223 e. The number of imidazole rings is 1. The van der Waals surface area contributed by atoms with Gasteiger partial charge in [-0.3, -0.25) is 4.79 Å². The summed E-state index contributed by atoms with van der Waals surface area (Å²) in [6, 6.07) is 7.96. The predicted molar refractivity (Wildman–Crippen MR) is 83.7 cm³/mol. The molecule has 116 valence electrons. The number of ether oxygens (including phenoxy) is 1. The first kappa shape index (κ1) is 14.6. The molecular formula is C17H21N3O2. The Morgan fingerprint density at radius 1 is 1.45 bits per heavy atom. The molecule has 1 aromatic heterocycles. The number of nitrogens with zero attached hydrogens (tertiary/aromatic N) is 2. The van der Waals surface area contributed by atoms with Crippen LogP contribution in [0.1, 0.15) is 17.8 Å². The molecule has 5 heteroatoms. The van der Waals surface area contributed by atoms with Crippen LogP contribution in [-0.4, -0.2) is 28.6 Å². The van der Waals surface area contributed by atoms with Crippen LogP contribution in [-0.2, 0) is 24.7 Å². The number of fused-ring (bicyclic) bond motifs is 1. The summed E-state index contributed by atoms with van der Waals surface area (Å²) >= 11 is 0. The second kappa shape index (κ2) is 6.64. The van der Waals surface area contributed by atoms with E-state index in [4.69, 9.17) is 4.74 Å². The van der Waals surface area contributed by atoms with Crippen molar-refractivity contribution < 1.29 is 9.53 Å². The second-order valence-corrected chi connectivity index (χ2v) is 5.64. The molecular weight excluding hydrogens is 278 g/mol. The Labute approximate surface area is 130 Å². The van der Waals surface area contributed by atoms with E-state index in [0.29, 0.717) is 13.2 Å². The lowest BCUT2D eigenvalue weighted by atomic mass is 9.96. The minimum Gasteiger partial charge on any atom is -0.493 e. The molecule has 0 saturated heterocycles. The molecule has 5 nitrogen and oxygen atoms in total. The fourth-order valence-corrected chi connectivity index (χ4v) is 2.79. The number of benzene rings is 1. The van der Waals surface area contributed by atoms with E-state index < -0.39 is 0 Å². The third kappa shape index (κ3) is 3.30. The van der Waals surface area contributed by atoms with Crippen molar-refractivity contribution in [2.24, 2.45) is 13.0 Å². The monoisotopic (exact) mass is 299 g/mol. The Hall–Kier alpha value is -2.30. The van der Waals surface area contributed by atoms with Crippen molar-refractivity contribution in [3.8, 4) is 5.75 Å². The molecule has 2 heterocycles. The Morgan fingerprint density at radius 3 is 3.14 bits per heavy atom. The third-order valence-corrected chi connectivity index (χ3v) is 4.10. The van der Waals surface area contributed by atoms with Gasteiger partial charge in [0.2, 0.25) is 5.91 Å². The maximum atomic E-state index is 12.4. The molecule has 0 aliphatic carbocycles. The summed E-state index contributed by atoms with van der Waals surface area (Å²) in [5.74, 6) is 1.97. The Bertz CT molecular complexity index is 651. The van der Waals surface area contributed by atoms with Crippen molar-refractivity contribution in [2.75, 3.05) is 13.2 Å². The highest BCUT2D eigenvalue weighted by molar-refractivity contribution is 5.79. The highest BCUT2D eigenvalue weighted by Gasteiger charge is 2.23. The summed E-state index contributed by atoms with van der Waals surface area (Å²) in [6.07, 6.45) is 5.93. The van der Waals surface area contributed by atoms with Crippen LogP contribution in [0.3, 0.4) is 0 Å². The quantitative estimate of drug-likeness (QED) is 0.935. The van der Waals surface area contributed by atoms with Gasteiger partial charge in [0, 0.05) is 38.3 Å². The molecule has 1 aliphatic rings. The Balaban J connectivity index is 1.55. The molecule has 0 saturated carbocycles. The molecule has 22 heavy (non-hydrogen) atoms. The van der Waals surface area contributed by atoms with Gasteiger partial charge in [-0.2, -0.15) is 0 Å². The second-order valence-electron chi connectivity index (χ2n) is 5.64. The lowest BCUT2D eigenvalue weighted by Gasteiger charge is -2.13. The average molecular weight is 299 g/mol. The number of aryl methyl sites for hydroxylation is 1. The van der Waals surface area contributed by atoms with Crippen molar-refractivity contribution in [3.05, 3.63) is 48.0 Å². The lowest BCUT2D eigenvalue weighted by molar-refractivity contribution is -0.125. The van der Waals surface area contributed by atoms with E-state index in [1.807, 2.05) is 42.1 Å². The summed E-state index contributed by atoms with van der Waals surface area (Å²) in [5.41, 5.74) is 1.12. The molecule has 2 aromatic rings. The maximum absolute atomic E-state index is 12.4. The number of aromatic nitrogens is 2. The summed E-state index contributed by atoms with van der Waals surface area (Å²) in [5, 5.41) is 3.03. The van der Waals surface area contributed by atoms with E-state index in [1.165, 1.54) is 0 Å². The van der Waals surface area contributed by atoms with Crippen LogP contribution in [0.15, 0.2) is 36.7 Å². The van der Waals surface area contributed by atoms with Crippen molar-refractivity contribution in [3.63, 3.8) is 0 Å². The molecule has 1 amide bonds. The first-order valence-corrected chi connectivity index (χ1v) is 7.68. The van der Waals surface area contributed by atoms with Crippen molar-refractivity contribution in [1.82, 2.24) is 14.9 Å². The maximum Gasteiger partial charge on any atom is 0.223 e. The van der Waals surface area contributed by atoms with Gasteiger partial charge in [0.15, 0.2) is 0 Å². The fraction of sp³-hybridized carbons (Fsp3) is 0.412. The fourth-order valence-electron chi connectivity index (χ4n) is 2.79. The van der Waals surface area contributed by atoms with E-state index >= 15 is 0 Å². The van der Waals surface area contributed by atoms with Crippen LogP contribution in [0.25, 0.3) is 0 Å².